The highest BCUT2D eigenvalue weighted by Crippen LogP contribution is 2.16. The van der Waals surface area contributed by atoms with Crippen LogP contribution in [-0.2, 0) is 4.74 Å². The largest absolute Gasteiger partial charge is 0.522 e. The number of hydrogen-bond acceptors (Lipinski definition) is 3. The van der Waals surface area contributed by atoms with E-state index in [1.807, 2.05) is 11.9 Å². The predicted molar refractivity (Wildman–Crippen MR) is 41.3 cm³/mol. The summed E-state index contributed by atoms with van der Waals surface area (Å²) in [7, 11) is 1.88. The maximum absolute atomic E-state index is 11.6. The number of rotatable bonds is 2. The molecule has 1 N–H and O–H groups in total. The van der Waals surface area contributed by atoms with Crippen LogP contribution >= 0.6 is 0 Å². The maximum Gasteiger partial charge on any atom is 0.522 e. The number of hydrogen-bond donors (Lipinski definition) is 1. The molecular weight excluding hydrogens is 185 g/mol. The monoisotopic (exact) mass is 198 g/mol. The van der Waals surface area contributed by atoms with Crippen molar-refractivity contribution in [2.75, 3.05) is 33.3 Å². The van der Waals surface area contributed by atoms with Gasteiger partial charge in [0.25, 0.3) is 0 Å². The van der Waals surface area contributed by atoms with Crippen molar-refractivity contribution in [3.63, 3.8) is 0 Å². The van der Waals surface area contributed by atoms with E-state index in [0.29, 0.717) is 13.1 Å². The molecule has 0 aromatic rings. The van der Waals surface area contributed by atoms with Gasteiger partial charge in [0, 0.05) is 25.7 Å². The van der Waals surface area contributed by atoms with Crippen molar-refractivity contribution >= 4 is 0 Å². The first-order valence-electron chi connectivity index (χ1n) is 4.10. The number of nitrogens with zero attached hydrogens (tertiary/aromatic N) is 1. The Morgan fingerprint density at radius 2 is 2.23 bits per heavy atom. The van der Waals surface area contributed by atoms with Crippen molar-refractivity contribution < 1.29 is 17.9 Å². The van der Waals surface area contributed by atoms with E-state index in [0.717, 1.165) is 6.54 Å². The lowest BCUT2D eigenvalue weighted by Gasteiger charge is -2.30. The Morgan fingerprint density at radius 3 is 2.77 bits per heavy atom. The molecule has 0 bridgehead atoms. The van der Waals surface area contributed by atoms with Crippen molar-refractivity contribution in [2.24, 2.45) is 0 Å². The molecule has 1 atom stereocenters. The Morgan fingerprint density at radius 1 is 1.54 bits per heavy atom. The number of ether oxygens (including phenoxy) is 1. The standard InChI is InChI=1S/C7H13F3N2O/c1-12-3-2-11-6(4-12)5-13-7(8,9)10/h6,11H,2-5H2,1H3. The average Bonchev–Trinajstić information content (AvgIpc) is 2.00. The topological polar surface area (TPSA) is 24.5 Å². The van der Waals surface area contributed by atoms with Crippen LogP contribution < -0.4 is 5.32 Å². The van der Waals surface area contributed by atoms with Gasteiger partial charge in [-0.2, -0.15) is 0 Å². The van der Waals surface area contributed by atoms with Gasteiger partial charge >= 0.3 is 6.36 Å². The summed E-state index contributed by atoms with van der Waals surface area (Å²) in [5.41, 5.74) is 0. The average molecular weight is 198 g/mol. The van der Waals surface area contributed by atoms with Crippen LogP contribution in [0.25, 0.3) is 0 Å². The lowest BCUT2D eigenvalue weighted by atomic mass is 10.2. The van der Waals surface area contributed by atoms with Gasteiger partial charge in [0.15, 0.2) is 0 Å². The molecule has 1 fully saturated rings. The third-order valence-electron chi connectivity index (χ3n) is 1.91. The maximum atomic E-state index is 11.6. The fraction of sp³-hybridized carbons (Fsp3) is 1.00. The molecule has 0 saturated carbocycles. The van der Waals surface area contributed by atoms with Crippen LogP contribution in [0.4, 0.5) is 13.2 Å². The molecule has 0 radical (unpaired) electrons. The summed E-state index contributed by atoms with van der Waals surface area (Å²) >= 11 is 0. The van der Waals surface area contributed by atoms with Gasteiger partial charge in [0.1, 0.15) is 0 Å². The van der Waals surface area contributed by atoms with E-state index >= 15 is 0 Å². The lowest BCUT2D eigenvalue weighted by Crippen LogP contribution is -2.51. The van der Waals surface area contributed by atoms with Crippen molar-refractivity contribution in [3.8, 4) is 0 Å². The van der Waals surface area contributed by atoms with E-state index in [1.165, 1.54) is 0 Å². The smallest absolute Gasteiger partial charge is 0.309 e. The molecule has 1 aliphatic heterocycles. The SMILES string of the molecule is CN1CCNC(COC(F)(F)F)C1. The second kappa shape index (κ2) is 4.26. The Bertz CT molecular complexity index is 162. The van der Waals surface area contributed by atoms with Crippen LogP contribution in [0.2, 0.25) is 0 Å². The highest BCUT2D eigenvalue weighted by atomic mass is 19.4. The number of nitrogens with one attached hydrogen (secondary N) is 1. The number of alkyl halides is 3. The zero-order chi connectivity index (χ0) is 9.90. The third-order valence-corrected chi connectivity index (χ3v) is 1.91. The van der Waals surface area contributed by atoms with E-state index in [9.17, 15) is 13.2 Å². The molecule has 6 heteroatoms. The van der Waals surface area contributed by atoms with Gasteiger partial charge in [-0.05, 0) is 7.05 Å². The third kappa shape index (κ3) is 4.44. The van der Waals surface area contributed by atoms with Crippen LogP contribution in [-0.4, -0.2) is 50.6 Å². The molecule has 0 aliphatic carbocycles. The van der Waals surface area contributed by atoms with Gasteiger partial charge in [-0.15, -0.1) is 13.2 Å². The van der Waals surface area contributed by atoms with Crippen molar-refractivity contribution in [3.05, 3.63) is 0 Å². The molecule has 13 heavy (non-hydrogen) atoms. The van der Waals surface area contributed by atoms with Crippen LogP contribution in [0.3, 0.4) is 0 Å². The minimum atomic E-state index is -4.52. The molecule has 0 aromatic carbocycles. The fourth-order valence-electron chi connectivity index (χ4n) is 1.30. The highest BCUT2D eigenvalue weighted by Gasteiger charge is 2.31. The zero-order valence-electron chi connectivity index (χ0n) is 7.40. The second-order valence-corrected chi connectivity index (χ2v) is 3.17. The van der Waals surface area contributed by atoms with Crippen LogP contribution in [0.15, 0.2) is 0 Å². The van der Waals surface area contributed by atoms with E-state index in [2.05, 4.69) is 10.1 Å². The summed E-state index contributed by atoms with van der Waals surface area (Å²) < 4.78 is 38.7. The van der Waals surface area contributed by atoms with Gasteiger partial charge in [-0.1, -0.05) is 0 Å². The zero-order valence-corrected chi connectivity index (χ0v) is 7.40. The Kier molecular flexibility index (Phi) is 3.52. The lowest BCUT2D eigenvalue weighted by molar-refractivity contribution is -0.326. The molecule has 0 spiro atoms. The summed E-state index contributed by atoms with van der Waals surface area (Å²) in [6, 6.07) is -0.222. The Labute approximate surface area is 74.8 Å². The molecule has 78 valence electrons. The van der Waals surface area contributed by atoms with Crippen molar-refractivity contribution in [1.82, 2.24) is 10.2 Å². The Balaban J connectivity index is 2.21. The first kappa shape index (κ1) is 10.7. The first-order chi connectivity index (χ1) is 5.97. The molecule has 1 heterocycles. The minimum absolute atomic E-state index is 0.222. The summed E-state index contributed by atoms with van der Waals surface area (Å²) in [4.78, 5) is 1.97. The molecule has 0 amide bonds. The van der Waals surface area contributed by atoms with Crippen LogP contribution in [0.1, 0.15) is 0 Å². The first-order valence-corrected chi connectivity index (χ1v) is 4.10. The Hall–Kier alpha value is -0.330. The molecular formula is C7H13F3N2O. The van der Waals surface area contributed by atoms with Gasteiger partial charge in [-0.25, -0.2) is 0 Å². The summed E-state index contributed by atoms with van der Waals surface area (Å²) in [6.07, 6.45) is -4.52. The molecule has 1 unspecified atom stereocenters. The fourth-order valence-corrected chi connectivity index (χ4v) is 1.30. The predicted octanol–water partition coefficient (Wildman–Crippen LogP) is 0.426. The van der Waals surface area contributed by atoms with Gasteiger partial charge in [-0.3, -0.25) is 4.74 Å². The summed E-state index contributed by atoms with van der Waals surface area (Å²) in [5, 5.41) is 2.96. The van der Waals surface area contributed by atoms with E-state index < -0.39 is 6.36 Å². The number of halogens is 3. The normalized spacial score (nSPS) is 26.3. The molecule has 0 aromatic heterocycles. The van der Waals surface area contributed by atoms with Crippen LogP contribution in [0, 0.1) is 0 Å². The highest BCUT2D eigenvalue weighted by molar-refractivity contribution is 4.76. The molecule has 3 nitrogen and oxygen atoms in total. The number of piperazine rings is 1. The van der Waals surface area contributed by atoms with Gasteiger partial charge in [0.05, 0.1) is 6.61 Å². The van der Waals surface area contributed by atoms with E-state index in [4.69, 9.17) is 0 Å². The molecule has 1 rings (SSSR count). The van der Waals surface area contributed by atoms with E-state index in [-0.39, 0.29) is 12.6 Å². The van der Waals surface area contributed by atoms with E-state index in [1.54, 1.807) is 0 Å². The van der Waals surface area contributed by atoms with Crippen molar-refractivity contribution in [2.45, 2.75) is 12.4 Å². The number of likely N-dealkylation sites (N-methyl/N-ethyl adjacent to an activating group) is 1. The minimum Gasteiger partial charge on any atom is -0.309 e. The van der Waals surface area contributed by atoms with Crippen molar-refractivity contribution in [1.29, 1.82) is 0 Å². The summed E-state index contributed by atoms with van der Waals surface area (Å²) in [6.45, 7) is 1.86. The van der Waals surface area contributed by atoms with Crippen LogP contribution in [0.5, 0.6) is 0 Å². The summed E-state index contributed by atoms with van der Waals surface area (Å²) in [5.74, 6) is 0. The van der Waals surface area contributed by atoms with Gasteiger partial charge in [0.2, 0.25) is 0 Å². The molecule has 1 saturated heterocycles. The molecule has 1 aliphatic rings. The van der Waals surface area contributed by atoms with Gasteiger partial charge < -0.3 is 10.2 Å². The quantitative estimate of drug-likeness (QED) is 0.696. The second-order valence-electron chi connectivity index (χ2n) is 3.17.